The molecule has 216 valence electrons. The number of benzene rings is 3. The lowest BCUT2D eigenvalue weighted by Gasteiger charge is -2.34. The zero-order chi connectivity index (χ0) is 30.1. The minimum Gasteiger partial charge on any atom is -0.478 e. The van der Waals surface area contributed by atoms with E-state index in [1.807, 2.05) is 6.07 Å². The summed E-state index contributed by atoms with van der Waals surface area (Å²) in [6, 6.07) is 17.7. The molecule has 5 aromatic rings. The van der Waals surface area contributed by atoms with Crippen LogP contribution in [0.25, 0.3) is 22.3 Å². The maximum atomic E-state index is 15.1. The van der Waals surface area contributed by atoms with Gasteiger partial charge in [-0.2, -0.15) is 4.80 Å². The first-order chi connectivity index (χ1) is 20.8. The number of piperazine rings is 1. The third-order valence-electron chi connectivity index (χ3n) is 7.32. The fraction of sp³-hybridized carbons (Fsp3) is 0.167. The van der Waals surface area contributed by atoms with Crippen LogP contribution in [0.5, 0.6) is 0 Å². The average Bonchev–Trinajstić information content (AvgIpc) is 3.69. The highest BCUT2D eigenvalue weighted by molar-refractivity contribution is 6.45. The predicted octanol–water partition coefficient (Wildman–Crippen LogP) is 2.87. The number of nitrogens with zero attached hydrogens (tertiary/aromatic N) is 6. The summed E-state index contributed by atoms with van der Waals surface area (Å²) in [6.45, 7) is 1.09. The van der Waals surface area contributed by atoms with Crippen molar-refractivity contribution in [2.45, 2.75) is 6.54 Å². The van der Waals surface area contributed by atoms with Crippen LogP contribution in [0, 0.1) is 5.82 Å². The number of carboxylic acids is 1. The highest BCUT2D eigenvalue weighted by Crippen LogP contribution is 2.30. The Kier molecular flexibility index (Phi) is 7.20. The van der Waals surface area contributed by atoms with Gasteiger partial charge < -0.3 is 19.9 Å². The molecule has 0 saturated carbocycles. The van der Waals surface area contributed by atoms with Crippen molar-refractivity contribution in [3.8, 4) is 11.4 Å². The van der Waals surface area contributed by atoms with E-state index in [0.717, 1.165) is 5.56 Å². The highest BCUT2D eigenvalue weighted by atomic mass is 19.1. The predicted molar refractivity (Wildman–Crippen MR) is 151 cm³/mol. The van der Waals surface area contributed by atoms with Gasteiger partial charge in [0.1, 0.15) is 5.82 Å². The number of rotatable bonds is 7. The number of tetrazole rings is 1. The van der Waals surface area contributed by atoms with E-state index in [1.165, 1.54) is 40.2 Å². The van der Waals surface area contributed by atoms with Gasteiger partial charge in [0.2, 0.25) is 5.82 Å². The molecule has 12 nitrogen and oxygen atoms in total. The standard InChI is InChI=1S/C30H24FN7O5/c31-23-11-10-21(27-33-35-38(34-27)17-18-6-8-20(9-7-18)30(42)43)25-24(23)22(16-32-25)26(39)29(41)37-14-12-36(13-15-37)28(40)19-4-2-1-3-5-19/h1-11,16,32H,12-15,17H2,(H,42,43). The third kappa shape index (κ3) is 5.35. The molecule has 0 unspecified atom stereocenters. The number of aromatic carboxylic acids is 1. The van der Waals surface area contributed by atoms with Gasteiger partial charge in [-0.3, -0.25) is 14.4 Å². The summed E-state index contributed by atoms with van der Waals surface area (Å²) in [5, 5.41) is 21.5. The molecular formula is C30H24FN7O5. The molecule has 2 amide bonds. The fourth-order valence-electron chi connectivity index (χ4n) is 5.04. The zero-order valence-electron chi connectivity index (χ0n) is 22.6. The van der Waals surface area contributed by atoms with Crippen LogP contribution >= 0.6 is 0 Å². The van der Waals surface area contributed by atoms with Crippen molar-refractivity contribution < 1.29 is 28.7 Å². The van der Waals surface area contributed by atoms with E-state index in [2.05, 4.69) is 20.4 Å². The topological polar surface area (TPSA) is 154 Å². The van der Waals surface area contributed by atoms with Gasteiger partial charge in [0, 0.05) is 48.9 Å². The van der Waals surface area contributed by atoms with E-state index in [1.54, 1.807) is 41.3 Å². The Labute approximate surface area is 243 Å². The summed E-state index contributed by atoms with van der Waals surface area (Å²) < 4.78 is 15.1. The molecule has 0 bridgehead atoms. The number of nitrogens with one attached hydrogen (secondary N) is 1. The quantitative estimate of drug-likeness (QED) is 0.220. The van der Waals surface area contributed by atoms with Crippen LogP contribution in [0.15, 0.2) is 72.9 Å². The van der Waals surface area contributed by atoms with Crippen LogP contribution in [0.3, 0.4) is 0 Å². The van der Waals surface area contributed by atoms with Crippen LogP contribution in [0.4, 0.5) is 4.39 Å². The number of carbonyl (C=O) groups is 4. The summed E-state index contributed by atoms with van der Waals surface area (Å²) in [4.78, 5) is 57.5. The van der Waals surface area contributed by atoms with Gasteiger partial charge in [-0.15, -0.1) is 10.2 Å². The Morgan fingerprint density at radius 3 is 2.26 bits per heavy atom. The minimum atomic E-state index is -1.03. The molecule has 1 aliphatic heterocycles. The average molecular weight is 582 g/mol. The molecule has 0 aliphatic carbocycles. The summed E-state index contributed by atoms with van der Waals surface area (Å²) in [7, 11) is 0. The maximum Gasteiger partial charge on any atom is 0.335 e. The smallest absolute Gasteiger partial charge is 0.335 e. The normalized spacial score (nSPS) is 13.3. The summed E-state index contributed by atoms with van der Waals surface area (Å²) in [6.07, 6.45) is 1.29. The molecule has 6 rings (SSSR count). The molecule has 0 atom stereocenters. The van der Waals surface area contributed by atoms with Crippen molar-refractivity contribution in [1.29, 1.82) is 0 Å². The largest absolute Gasteiger partial charge is 0.478 e. The molecule has 13 heteroatoms. The Balaban J connectivity index is 1.18. The number of aromatic amines is 1. The maximum absolute atomic E-state index is 15.1. The molecule has 1 fully saturated rings. The molecule has 0 radical (unpaired) electrons. The molecular weight excluding hydrogens is 557 g/mol. The van der Waals surface area contributed by atoms with Crippen LogP contribution < -0.4 is 0 Å². The molecule has 2 aromatic heterocycles. The Bertz CT molecular complexity index is 1860. The van der Waals surface area contributed by atoms with E-state index in [4.69, 9.17) is 5.11 Å². The van der Waals surface area contributed by atoms with Crippen molar-refractivity contribution in [3.63, 3.8) is 0 Å². The highest BCUT2D eigenvalue weighted by Gasteiger charge is 2.31. The van der Waals surface area contributed by atoms with Gasteiger partial charge >= 0.3 is 5.97 Å². The van der Waals surface area contributed by atoms with Crippen LogP contribution in [0.1, 0.15) is 36.6 Å². The number of carbonyl (C=O) groups excluding carboxylic acids is 3. The Morgan fingerprint density at radius 1 is 0.860 bits per heavy atom. The Morgan fingerprint density at radius 2 is 1.56 bits per heavy atom. The number of ketones is 1. The number of aromatic nitrogens is 5. The number of carboxylic acid groups (broad SMARTS) is 1. The van der Waals surface area contributed by atoms with Crippen molar-refractivity contribution in [2.24, 2.45) is 0 Å². The van der Waals surface area contributed by atoms with Crippen molar-refractivity contribution in [3.05, 3.63) is 101 Å². The number of fused-ring (bicyclic) bond motifs is 1. The lowest BCUT2D eigenvalue weighted by Crippen LogP contribution is -2.52. The van der Waals surface area contributed by atoms with E-state index in [0.29, 0.717) is 11.1 Å². The molecule has 0 spiro atoms. The number of halogens is 1. The summed E-state index contributed by atoms with van der Waals surface area (Å²) in [5.41, 5.74) is 1.94. The Hall–Kier alpha value is -5.72. The second kappa shape index (κ2) is 11.3. The number of Topliss-reactive ketones (excluding diaryl/α,β-unsaturated/α-hetero) is 1. The van der Waals surface area contributed by atoms with Crippen molar-refractivity contribution >= 4 is 34.5 Å². The van der Waals surface area contributed by atoms with E-state index >= 15 is 4.39 Å². The number of H-pyrrole nitrogens is 1. The third-order valence-corrected chi connectivity index (χ3v) is 7.32. The van der Waals surface area contributed by atoms with Crippen molar-refractivity contribution in [1.82, 2.24) is 35.0 Å². The zero-order valence-corrected chi connectivity index (χ0v) is 22.6. The van der Waals surface area contributed by atoms with E-state index < -0.39 is 23.5 Å². The van der Waals surface area contributed by atoms with E-state index in [-0.39, 0.29) is 66.5 Å². The lowest BCUT2D eigenvalue weighted by molar-refractivity contribution is -0.127. The van der Waals surface area contributed by atoms with Gasteiger partial charge in [0.25, 0.3) is 17.6 Å². The summed E-state index contributed by atoms with van der Waals surface area (Å²) >= 11 is 0. The van der Waals surface area contributed by atoms with Gasteiger partial charge in [0.05, 0.1) is 23.2 Å². The second-order valence-corrected chi connectivity index (χ2v) is 9.97. The first kappa shape index (κ1) is 27.4. The van der Waals surface area contributed by atoms with Crippen LogP contribution in [-0.4, -0.2) is 89.8 Å². The molecule has 1 saturated heterocycles. The molecule has 43 heavy (non-hydrogen) atoms. The SMILES string of the molecule is O=C(O)c1ccc(Cn2nnc(-c3ccc(F)c4c(C(=O)C(=O)N5CCN(C(=O)c6ccccc6)CC5)c[nH]c34)n2)cc1. The minimum absolute atomic E-state index is 0.0608. The van der Waals surface area contributed by atoms with E-state index in [9.17, 15) is 19.2 Å². The van der Waals surface area contributed by atoms with Gasteiger partial charge in [0.15, 0.2) is 0 Å². The molecule has 2 N–H and O–H groups in total. The van der Waals surface area contributed by atoms with Gasteiger partial charge in [-0.1, -0.05) is 30.3 Å². The fourth-order valence-corrected chi connectivity index (χ4v) is 5.04. The molecule has 3 aromatic carbocycles. The lowest BCUT2D eigenvalue weighted by atomic mass is 10.0. The molecule has 3 heterocycles. The van der Waals surface area contributed by atoms with Crippen LogP contribution in [0.2, 0.25) is 0 Å². The first-order valence-electron chi connectivity index (χ1n) is 13.4. The second-order valence-electron chi connectivity index (χ2n) is 9.97. The van der Waals surface area contributed by atoms with Gasteiger partial charge in [-0.25, -0.2) is 9.18 Å². The molecule has 1 aliphatic rings. The first-order valence-corrected chi connectivity index (χ1v) is 13.4. The number of hydrogen-bond acceptors (Lipinski definition) is 7. The van der Waals surface area contributed by atoms with Crippen molar-refractivity contribution in [2.75, 3.05) is 26.2 Å². The summed E-state index contributed by atoms with van der Waals surface area (Å²) in [5.74, 6) is -3.36. The van der Waals surface area contributed by atoms with Gasteiger partial charge in [-0.05, 0) is 47.2 Å². The monoisotopic (exact) mass is 581 g/mol. The van der Waals surface area contributed by atoms with Crippen LogP contribution in [-0.2, 0) is 11.3 Å². The number of amides is 2. The number of hydrogen-bond donors (Lipinski definition) is 2.